The van der Waals surface area contributed by atoms with Crippen molar-refractivity contribution < 1.29 is 13.9 Å². The summed E-state index contributed by atoms with van der Waals surface area (Å²) in [6.07, 6.45) is 0. The maximum Gasteiger partial charge on any atom is 0.257 e. The van der Waals surface area contributed by atoms with Crippen molar-refractivity contribution in [3.8, 4) is 11.4 Å². The Morgan fingerprint density at radius 2 is 1.67 bits per heavy atom. The molecule has 0 unspecified atom stereocenters. The number of nitrogens with one attached hydrogen (secondary N) is 2. The fourth-order valence-corrected chi connectivity index (χ4v) is 3.70. The Bertz CT molecular complexity index is 1540. The number of hydrogen-bond acceptors (Lipinski definition) is 5. The number of fused-ring (bicyclic) bond motifs is 1. The van der Waals surface area contributed by atoms with Crippen LogP contribution in [0.3, 0.4) is 0 Å². The molecule has 5 aromatic rings. The summed E-state index contributed by atoms with van der Waals surface area (Å²) in [6, 6.07) is 27.9. The fourth-order valence-electron chi connectivity index (χ4n) is 3.49. The molecule has 0 saturated heterocycles. The number of aromatic nitrogens is 3. The van der Waals surface area contributed by atoms with Gasteiger partial charge in [0.15, 0.2) is 5.11 Å². The molecule has 1 heterocycles. The lowest BCUT2D eigenvalue weighted by Gasteiger charge is -2.11. The minimum absolute atomic E-state index is 0.140. The molecule has 178 valence electrons. The van der Waals surface area contributed by atoms with Crippen LogP contribution in [0.4, 0.5) is 10.1 Å². The molecule has 0 spiro atoms. The molecule has 0 aliphatic rings. The van der Waals surface area contributed by atoms with Gasteiger partial charge < -0.3 is 10.1 Å². The van der Waals surface area contributed by atoms with E-state index in [2.05, 4.69) is 20.8 Å². The lowest BCUT2D eigenvalue weighted by molar-refractivity contribution is 0.0977. The van der Waals surface area contributed by atoms with Crippen LogP contribution in [0.25, 0.3) is 16.7 Å². The summed E-state index contributed by atoms with van der Waals surface area (Å²) in [6.45, 7) is 0.403. The summed E-state index contributed by atoms with van der Waals surface area (Å²) in [5.41, 5.74) is 4.00. The van der Waals surface area contributed by atoms with Gasteiger partial charge in [-0.3, -0.25) is 10.1 Å². The Morgan fingerprint density at radius 1 is 0.889 bits per heavy atom. The van der Waals surface area contributed by atoms with E-state index in [9.17, 15) is 9.18 Å². The highest BCUT2D eigenvalue weighted by atomic mass is 32.1. The third kappa shape index (κ3) is 5.53. The molecular formula is C27H20FN5O2S. The van der Waals surface area contributed by atoms with Gasteiger partial charge in [-0.1, -0.05) is 36.4 Å². The van der Waals surface area contributed by atoms with Crippen LogP contribution >= 0.6 is 12.2 Å². The van der Waals surface area contributed by atoms with E-state index in [4.69, 9.17) is 17.0 Å². The standard InChI is InChI=1S/C27H20FN5O2S/c28-20-9-12-22(13-10-20)33-31-24-14-11-21(16-25(24)32-33)29-27(36)30-26(34)19-7-4-8-23(15-19)35-17-18-5-2-1-3-6-18/h1-16H,17H2,(H2,29,30,34,36). The Balaban J connectivity index is 1.22. The molecule has 0 bridgehead atoms. The molecule has 2 N–H and O–H groups in total. The normalized spacial score (nSPS) is 10.7. The second kappa shape index (κ2) is 10.3. The zero-order chi connectivity index (χ0) is 24.9. The third-order valence-electron chi connectivity index (χ3n) is 5.27. The molecule has 7 nitrogen and oxygen atoms in total. The minimum Gasteiger partial charge on any atom is -0.489 e. The maximum absolute atomic E-state index is 13.2. The van der Waals surface area contributed by atoms with Crippen molar-refractivity contribution in [2.24, 2.45) is 0 Å². The molecule has 0 fully saturated rings. The van der Waals surface area contributed by atoms with Crippen molar-refractivity contribution >= 4 is 40.0 Å². The third-order valence-corrected chi connectivity index (χ3v) is 5.47. The summed E-state index contributed by atoms with van der Waals surface area (Å²) in [4.78, 5) is 14.2. The Hall–Kier alpha value is -4.63. The number of nitrogens with zero attached hydrogens (tertiary/aromatic N) is 3. The molecule has 0 atom stereocenters. The summed E-state index contributed by atoms with van der Waals surface area (Å²) in [5, 5.41) is 14.7. The smallest absolute Gasteiger partial charge is 0.257 e. The first-order chi connectivity index (χ1) is 17.5. The molecule has 0 radical (unpaired) electrons. The Labute approximate surface area is 211 Å². The summed E-state index contributed by atoms with van der Waals surface area (Å²) in [7, 11) is 0. The zero-order valence-electron chi connectivity index (χ0n) is 18.9. The predicted octanol–water partition coefficient (Wildman–Crippen LogP) is 5.27. The second-order valence-corrected chi connectivity index (χ2v) is 8.29. The Kier molecular flexibility index (Phi) is 6.63. The average Bonchev–Trinajstić information content (AvgIpc) is 3.32. The Morgan fingerprint density at radius 3 is 2.47 bits per heavy atom. The van der Waals surface area contributed by atoms with Gasteiger partial charge in [0, 0.05) is 11.3 Å². The van der Waals surface area contributed by atoms with Gasteiger partial charge in [-0.05, 0) is 78.4 Å². The van der Waals surface area contributed by atoms with Crippen molar-refractivity contribution in [1.82, 2.24) is 20.3 Å². The minimum atomic E-state index is -0.360. The van der Waals surface area contributed by atoms with Crippen molar-refractivity contribution in [3.63, 3.8) is 0 Å². The second-order valence-electron chi connectivity index (χ2n) is 7.88. The van der Waals surface area contributed by atoms with E-state index >= 15 is 0 Å². The van der Waals surface area contributed by atoms with Gasteiger partial charge in [0.05, 0.1) is 5.69 Å². The van der Waals surface area contributed by atoms with E-state index in [0.29, 0.717) is 40.3 Å². The van der Waals surface area contributed by atoms with Gasteiger partial charge in [-0.25, -0.2) is 4.39 Å². The highest BCUT2D eigenvalue weighted by Gasteiger charge is 2.11. The van der Waals surface area contributed by atoms with E-state index in [1.807, 2.05) is 30.3 Å². The summed E-state index contributed by atoms with van der Waals surface area (Å²) < 4.78 is 19.0. The summed E-state index contributed by atoms with van der Waals surface area (Å²) >= 11 is 5.33. The number of halogens is 1. The van der Waals surface area contributed by atoms with Gasteiger partial charge >= 0.3 is 0 Å². The van der Waals surface area contributed by atoms with E-state index in [-0.39, 0.29) is 16.8 Å². The average molecular weight is 498 g/mol. The van der Waals surface area contributed by atoms with Crippen LogP contribution < -0.4 is 15.4 Å². The van der Waals surface area contributed by atoms with Crippen LogP contribution in [0.15, 0.2) is 97.1 Å². The first kappa shape index (κ1) is 23.1. The van der Waals surface area contributed by atoms with Gasteiger partial charge in [-0.2, -0.15) is 4.80 Å². The van der Waals surface area contributed by atoms with Gasteiger partial charge in [0.1, 0.15) is 29.2 Å². The molecule has 5 rings (SSSR count). The molecule has 1 aromatic heterocycles. The summed E-state index contributed by atoms with van der Waals surface area (Å²) in [5.74, 6) is -0.106. The van der Waals surface area contributed by atoms with E-state index < -0.39 is 0 Å². The molecule has 4 aromatic carbocycles. The molecule has 0 saturated carbocycles. The number of amides is 1. The number of rotatable bonds is 6. The highest BCUT2D eigenvalue weighted by Crippen LogP contribution is 2.18. The van der Waals surface area contributed by atoms with Gasteiger partial charge in [-0.15, -0.1) is 10.2 Å². The van der Waals surface area contributed by atoms with Gasteiger partial charge in [0.2, 0.25) is 0 Å². The molecule has 0 aliphatic carbocycles. The van der Waals surface area contributed by atoms with Crippen molar-refractivity contribution in [1.29, 1.82) is 0 Å². The van der Waals surface area contributed by atoms with Crippen LogP contribution in [0, 0.1) is 5.82 Å². The fraction of sp³-hybridized carbons (Fsp3) is 0.0370. The van der Waals surface area contributed by atoms with Crippen LogP contribution in [0.2, 0.25) is 0 Å². The van der Waals surface area contributed by atoms with Crippen LogP contribution in [0.5, 0.6) is 5.75 Å². The number of carbonyl (C=O) groups is 1. The van der Waals surface area contributed by atoms with Crippen LogP contribution in [-0.2, 0) is 6.61 Å². The van der Waals surface area contributed by atoms with E-state index in [0.717, 1.165) is 5.56 Å². The number of thiocarbonyl (C=S) groups is 1. The quantitative estimate of drug-likeness (QED) is 0.311. The molecule has 0 aliphatic heterocycles. The lowest BCUT2D eigenvalue weighted by Crippen LogP contribution is -2.34. The number of anilines is 1. The first-order valence-electron chi connectivity index (χ1n) is 11.1. The molecule has 36 heavy (non-hydrogen) atoms. The number of ether oxygens (including phenoxy) is 1. The molecular weight excluding hydrogens is 477 g/mol. The van der Waals surface area contributed by atoms with Gasteiger partial charge in [0.25, 0.3) is 5.91 Å². The highest BCUT2D eigenvalue weighted by molar-refractivity contribution is 7.80. The largest absolute Gasteiger partial charge is 0.489 e. The monoisotopic (exact) mass is 497 g/mol. The first-order valence-corrected chi connectivity index (χ1v) is 11.5. The maximum atomic E-state index is 13.2. The lowest BCUT2D eigenvalue weighted by atomic mass is 10.2. The van der Waals surface area contributed by atoms with Crippen molar-refractivity contribution in [2.75, 3.05) is 5.32 Å². The van der Waals surface area contributed by atoms with Crippen molar-refractivity contribution in [2.45, 2.75) is 6.61 Å². The molecule has 9 heteroatoms. The van der Waals surface area contributed by atoms with Crippen molar-refractivity contribution in [3.05, 3.63) is 114 Å². The van der Waals surface area contributed by atoms with Crippen LogP contribution in [0.1, 0.15) is 15.9 Å². The SMILES string of the molecule is O=C(NC(=S)Nc1ccc2nn(-c3ccc(F)cc3)nc2c1)c1cccc(OCc2ccccc2)c1. The van der Waals surface area contributed by atoms with Crippen LogP contribution in [-0.4, -0.2) is 26.0 Å². The molecule has 1 amide bonds. The number of carbonyl (C=O) groups excluding carboxylic acids is 1. The zero-order valence-corrected chi connectivity index (χ0v) is 19.7. The number of benzene rings is 4. The predicted molar refractivity (Wildman–Crippen MR) is 140 cm³/mol. The van der Waals surface area contributed by atoms with E-state index in [1.165, 1.54) is 16.9 Å². The topological polar surface area (TPSA) is 81.1 Å². The van der Waals surface area contributed by atoms with E-state index in [1.54, 1.807) is 54.6 Å². The number of hydrogen-bond donors (Lipinski definition) is 2.